The molecule has 0 unspecified atom stereocenters. The lowest BCUT2D eigenvalue weighted by Crippen LogP contribution is -2.05. The van der Waals surface area contributed by atoms with Crippen LogP contribution in [0.4, 0.5) is 23.0 Å². The average molecular weight is 293 g/mol. The predicted octanol–water partition coefficient (Wildman–Crippen LogP) is 1.25. The normalized spacial score (nSPS) is 11.1. The van der Waals surface area contributed by atoms with E-state index in [0.717, 1.165) is 6.26 Å². The lowest BCUT2D eigenvalue weighted by Gasteiger charge is -2.10. The Hall–Kier alpha value is -2.35. The van der Waals surface area contributed by atoms with Gasteiger partial charge in [-0.15, -0.1) is 0 Å². The fourth-order valence-corrected chi connectivity index (χ4v) is 2.25. The SMILES string of the molecule is CNc1ncnc(Nc2ccc(S(C)(=O)=O)cc2)c1N. The van der Waals surface area contributed by atoms with E-state index in [1.807, 2.05) is 0 Å². The van der Waals surface area contributed by atoms with Gasteiger partial charge in [-0.3, -0.25) is 0 Å². The van der Waals surface area contributed by atoms with E-state index in [0.29, 0.717) is 23.0 Å². The van der Waals surface area contributed by atoms with Gasteiger partial charge in [0.25, 0.3) is 0 Å². The minimum Gasteiger partial charge on any atom is -0.393 e. The van der Waals surface area contributed by atoms with Crippen LogP contribution in [0.15, 0.2) is 35.5 Å². The molecule has 1 heterocycles. The fraction of sp³-hybridized carbons (Fsp3) is 0.167. The molecule has 0 aliphatic carbocycles. The van der Waals surface area contributed by atoms with Crippen LogP contribution in [-0.4, -0.2) is 31.7 Å². The highest BCUT2D eigenvalue weighted by Crippen LogP contribution is 2.25. The molecule has 2 aromatic rings. The molecule has 2 rings (SSSR count). The summed E-state index contributed by atoms with van der Waals surface area (Å²) in [6.45, 7) is 0. The van der Waals surface area contributed by atoms with E-state index >= 15 is 0 Å². The Bertz CT molecular complexity index is 713. The number of hydrogen-bond donors (Lipinski definition) is 3. The highest BCUT2D eigenvalue weighted by atomic mass is 32.2. The molecule has 0 spiro atoms. The second-order valence-electron chi connectivity index (χ2n) is 4.16. The van der Waals surface area contributed by atoms with Crippen LogP contribution in [0.25, 0.3) is 0 Å². The highest BCUT2D eigenvalue weighted by molar-refractivity contribution is 7.90. The minimum absolute atomic E-state index is 0.259. The standard InChI is InChI=1S/C12H15N5O2S/c1-14-11-10(13)12(16-7-15-11)17-8-3-5-9(6-4-8)20(2,18)19/h3-7H,13H2,1-2H3,(H2,14,15,16,17). The Morgan fingerprint density at radius 3 is 2.25 bits per heavy atom. The summed E-state index contributed by atoms with van der Waals surface area (Å²) < 4.78 is 22.7. The van der Waals surface area contributed by atoms with E-state index in [9.17, 15) is 8.42 Å². The molecule has 0 saturated carbocycles. The third-order valence-corrected chi connectivity index (χ3v) is 3.79. The van der Waals surface area contributed by atoms with Crippen molar-refractivity contribution in [1.29, 1.82) is 0 Å². The molecule has 8 heteroatoms. The number of sulfone groups is 1. The number of rotatable bonds is 4. The van der Waals surface area contributed by atoms with Gasteiger partial charge in [-0.1, -0.05) is 0 Å². The second-order valence-corrected chi connectivity index (χ2v) is 6.17. The molecule has 4 N–H and O–H groups in total. The molecule has 0 radical (unpaired) electrons. The van der Waals surface area contributed by atoms with Gasteiger partial charge in [0.1, 0.15) is 12.0 Å². The Kier molecular flexibility index (Phi) is 3.75. The molecule has 0 saturated heterocycles. The summed E-state index contributed by atoms with van der Waals surface area (Å²) in [5.41, 5.74) is 6.97. The fourth-order valence-electron chi connectivity index (χ4n) is 1.62. The molecule has 0 atom stereocenters. The van der Waals surface area contributed by atoms with Crippen molar-refractivity contribution >= 4 is 32.8 Å². The monoisotopic (exact) mass is 293 g/mol. The van der Waals surface area contributed by atoms with E-state index in [2.05, 4.69) is 20.6 Å². The summed E-state index contributed by atoms with van der Waals surface area (Å²) in [6, 6.07) is 6.34. The zero-order chi connectivity index (χ0) is 14.8. The largest absolute Gasteiger partial charge is 0.393 e. The number of nitrogens with one attached hydrogen (secondary N) is 2. The quantitative estimate of drug-likeness (QED) is 0.778. The van der Waals surface area contributed by atoms with Crippen LogP contribution in [0.3, 0.4) is 0 Å². The van der Waals surface area contributed by atoms with Crippen molar-refractivity contribution in [3.05, 3.63) is 30.6 Å². The summed E-state index contributed by atoms with van der Waals surface area (Å²) in [5.74, 6) is 0.978. The zero-order valence-corrected chi connectivity index (χ0v) is 11.9. The Labute approximate surface area is 117 Å². The molecule has 1 aromatic carbocycles. The van der Waals surface area contributed by atoms with Crippen LogP contribution >= 0.6 is 0 Å². The summed E-state index contributed by atoms with van der Waals surface area (Å²) in [6.07, 6.45) is 2.55. The van der Waals surface area contributed by atoms with Crippen LogP contribution in [0.1, 0.15) is 0 Å². The second kappa shape index (κ2) is 5.33. The molecule has 0 fully saturated rings. The maximum Gasteiger partial charge on any atom is 0.175 e. The Morgan fingerprint density at radius 1 is 1.10 bits per heavy atom. The van der Waals surface area contributed by atoms with Crippen molar-refractivity contribution in [2.75, 3.05) is 29.7 Å². The molecule has 1 aromatic heterocycles. The van der Waals surface area contributed by atoms with E-state index in [4.69, 9.17) is 5.73 Å². The highest BCUT2D eigenvalue weighted by Gasteiger charge is 2.09. The van der Waals surface area contributed by atoms with Gasteiger partial charge in [0.05, 0.1) is 4.90 Å². The van der Waals surface area contributed by atoms with Crippen molar-refractivity contribution in [2.24, 2.45) is 0 Å². The van der Waals surface area contributed by atoms with Crippen LogP contribution in [-0.2, 0) is 9.84 Å². The summed E-state index contributed by atoms with van der Waals surface area (Å²) in [5, 5.41) is 5.87. The number of nitrogen functional groups attached to an aromatic ring is 1. The van der Waals surface area contributed by atoms with E-state index in [1.165, 1.54) is 18.5 Å². The van der Waals surface area contributed by atoms with Gasteiger partial charge in [-0.05, 0) is 24.3 Å². The van der Waals surface area contributed by atoms with Gasteiger partial charge in [0.15, 0.2) is 21.5 Å². The third kappa shape index (κ3) is 2.97. The maximum atomic E-state index is 11.4. The van der Waals surface area contributed by atoms with Crippen molar-refractivity contribution in [1.82, 2.24) is 9.97 Å². The molecule has 106 valence electrons. The van der Waals surface area contributed by atoms with Gasteiger partial charge < -0.3 is 16.4 Å². The van der Waals surface area contributed by atoms with Crippen molar-refractivity contribution < 1.29 is 8.42 Å². The van der Waals surface area contributed by atoms with Gasteiger partial charge in [-0.2, -0.15) is 0 Å². The summed E-state index contributed by atoms with van der Waals surface area (Å²) in [7, 11) is -1.49. The number of benzene rings is 1. The van der Waals surface area contributed by atoms with Gasteiger partial charge >= 0.3 is 0 Å². The van der Waals surface area contributed by atoms with Crippen molar-refractivity contribution in [3.8, 4) is 0 Å². The number of aromatic nitrogens is 2. The van der Waals surface area contributed by atoms with E-state index < -0.39 is 9.84 Å². The number of anilines is 4. The summed E-state index contributed by atoms with van der Waals surface area (Å²) in [4.78, 5) is 8.29. The van der Waals surface area contributed by atoms with E-state index in [1.54, 1.807) is 19.2 Å². The van der Waals surface area contributed by atoms with Crippen LogP contribution in [0.5, 0.6) is 0 Å². The molecular formula is C12H15N5O2S. The number of nitrogens with two attached hydrogens (primary N) is 1. The zero-order valence-electron chi connectivity index (χ0n) is 11.1. The molecular weight excluding hydrogens is 278 g/mol. The van der Waals surface area contributed by atoms with Crippen LogP contribution < -0.4 is 16.4 Å². The van der Waals surface area contributed by atoms with Gasteiger partial charge in [0.2, 0.25) is 0 Å². The predicted molar refractivity (Wildman–Crippen MR) is 78.8 cm³/mol. The van der Waals surface area contributed by atoms with Gasteiger partial charge in [0, 0.05) is 19.0 Å². The Balaban J connectivity index is 2.27. The molecule has 20 heavy (non-hydrogen) atoms. The van der Waals surface area contributed by atoms with Crippen molar-refractivity contribution in [2.45, 2.75) is 4.90 Å². The summed E-state index contributed by atoms with van der Waals surface area (Å²) >= 11 is 0. The first kappa shape index (κ1) is 14.1. The lowest BCUT2D eigenvalue weighted by molar-refractivity contribution is 0.602. The molecule has 0 bridgehead atoms. The first-order chi connectivity index (χ1) is 9.41. The van der Waals surface area contributed by atoms with Crippen LogP contribution in [0.2, 0.25) is 0 Å². The van der Waals surface area contributed by atoms with Crippen LogP contribution in [0, 0.1) is 0 Å². The number of hydrogen-bond acceptors (Lipinski definition) is 7. The Morgan fingerprint density at radius 2 is 1.70 bits per heavy atom. The molecule has 0 aliphatic rings. The molecule has 0 aliphatic heterocycles. The minimum atomic E-state index is -3.20. The molecule has 0 amide bonds. The maximum absolute atomic E-state index is 11.4. The molecule has 7 nitrogen and oxygen atoms in total. The topological polar surface area (TPSA) is 110 Å². The van der Waals surface area contributed by atoms with E-state index in [-0.39, 0.29) is 4.90 Å². The van der Waals surface area contributed by atoms with Gasteiger partial charge in [-0.25, -0.2) is 18.4 Å². The average Bonchev–Trinajstić information content (AvgIpc) is 2.41. The van der Waals surface area contributed by atoms with Crippen molar-refractivity contribution in [3.63, 3.8) is 0 Å². The first-order valence-corrected chi connectivity index (χ1v) is 7.66. The number of nitrogens with zero attached hydrogens (tertiary/aromatic N) is 2. The first-order valence-electron chi connectivity index (χ1n) is 5.77. The lowest BCUT2D eigenvalue weighted by atomic mass is 10.3. The smallest absolute Gasteiger partial charge is 0.175 e. The third-order valence-electron chi connectivity index (χ3n) is 2.67.